The molecule has 1 atom stereocenters. The van der Waals surface area contributed by atoms with Crippen LogP contribution in [0.2, 0.25) is 0 Å². The number of hydrogen-bond donors (Lipinski definition) is 0. The SMILES string of the molecule is C/C=C(\CC)C(C)Cl. The molecule has 0 nitrogen and oxygen atoms in total. The van der Waals surface area contributed by atoms with Crippen molar-refractivity contribution in [3.05, 3.63) is 11.6 Å². The van der Waals surface area contributed by atoms with Crippen LogP contribution in [0.1, 0.15) is 27.2 Å². The summed E-state index contributed by atoms with van der Waals surface area (Å²) in [5.74, 6) is 0. The van der Waals surface area contributed by atoms with Crippen molar-refractivity contribution < 1.29 is 0 Å². The minimum atomic E-state index is 0.213. The van der Waals surface area contributed by atoms with E-state index in [0.29, 0.717) is 0 Å². The molecule has 1 unspecified atom stereocenters. The van der Waals surface area contributed by atoms with E-state index in [2.05, 4.69) is 13.0 Å². The molecule has 0 radical (unpaired) electrons. The molecule has 0 heterocycles. The molecule has 0 amide bonds. The molecule has 0 aliphatic carbocycles. The molecule has 0 saturated carbocycles. The molecule has 0 rings (SSSR count). The van der Waals surface area contributed by atoms with Gasteiger partial charge in [0.25, 0.3) is 0 Å². The second-order valence-electron chi connectivity index (χ2n) is 1.83. The highest BCUT2D eigenvalue weighted by Crippen LogP contribution is 2.11. The second kappa shape index (κ2) is 3.96. The Hall–Kier alpha value is 0.0300. The van der Waals surface area contributed by atoms with Gasteiger partial charge in [-0.3, -0.25) is 0 Å². The fourth-order valence-electron chi connectivity index (χ4n) is 0.715. The molecule has 0 aliphatic heterocycles. The lowest BCUT2D eigenvalue weighted by Crippen LogP contribution is -1.93. The normalized spacial score (nSPS) is 16.2. The van der Waals surface area contributed by atoms with Crippen molar-refractivity contribution in [1.82, 2.24) is 0 Å². The van der Waals surface area contributed by atoms with Crippen LogP contribution in [0, 0.1) is 0 Å². The van der Waals surface area contributed by atoms with Gasteiger partial charge in [0.2, 0.25) is 0 Å². The summed E-state index contributed by atoms with van der Waals surface area (Å²) in [5.41, 5.74) is 1.33. The number of allylic oxidation sites excluding steroid dienone is 2. The van der Waals surface area contributed by atoms with Gasteiger partial charge in [0.1, 0.15) is 0 Å². The van der Waals surface area contributed by atoms with E-state index in [9.17, 15) is 0 Å². The first-order chi connectivity index (χ1) is 3.72. The molecule has 48 valence electrons. The van der Waals surface area contributed by atoms with Crippen LogP contribution in [0.15, 0.2) is 11.6 Å². The van der Waals surface area contributed by atoms with Gasteiger partial charge in [-0.2, -0.15) is 0 Å². The summed E-state index contributed by atoms with van der Waals surface area (Å²) in [7, 11) is 0. The summed E-state index contributed by atoms with van der Waals surface area (Å²) >= 11 is 5.78. The molecule has 8 heavy (non-hydrogen) atoms. The van der Waals surface area contributed by atoms with Gasteiger partial charge in [-0.15, -0.1) is 11.6 Å². The zero-order chi connectivity index (χ0) is 6.57. The van der Waals surface area contributed by atoms with Crippen LogP contribution in [0.25, 0.3) is 0 Å². The van der Waals surface area contributed by atoms with Crippen molar-refractivity contribution in [3.63, 3.8) is 0 Å². The quantitative estimate of drug-likeness (QED) is 0.400. The highest BCUT2D eigenvalue weighted by molar-refractivity contribution is 6.22. The maximum atomic E-state index is 5.78. The van der Waals surface area contributed by atoms with Crippen LogP contribution in [-0.4, -0.2) is 5.38 Å². The van der Waals surface area contributed by atoms with Crippen LogP contribution in [0.3, 0.4) is 0 Å². The standard InChI is InChI=1S/C7H13Cl/c1-4-7(5-2)6(3)8/h4,6H,5H2,1-3H3/b7-4+. The Labute approximate surface area is 56.5 Å². The largest absolute Gasteiger partial charge is 0.118 e. The Bertz CT molecular complexity index is 82.4. The van der Waals surface area contributed by atoms with Crippen LogP contribution in [-0.2, 0) is 0 Å². The Morgan fingerprint density at radius 2 is 2.25 bits per heavy atom. The summed E-state index contributed by atoms with van der Waals surface area (Å²) in [5, 5.41) is 0.213. The first kappa shape index (κ1) is 8.03. The van der Waals surface area contributed by atoms with Crippen molar-refractivity contribution >= 4 is 11.6 Å². The van der Waals surface area contributed by atoms with Gasteiger partial charge < -0.3 is 0 Å². The lowest BCUT2D eigenvalue weighted by atomic mass is 10.1. The third-order valence-corrected chi connectivity index (χ3v) is 1.57. The molecule has 0 aromatic heterocycles. The van der Waals surface area contributed by atoms with Crippen LogP contribution in [0.4, 0.5) is 0 Å². The lowest BCUT2D eigenvalue weighted by molar-refractivity contribution is 0.978. The van der Waals surface area contributed by atoms with E-state index in [1.54, 1.807) is 0 Å². The minimum absolute atomic E-state index is 0.213. The maximum Gasteiger partial charge on any atom is 0.0516 e. The van der Waals surface area contributed by atoms with E-state index in [-0.39, 0.29) is 5.38 Å². The average Bonchev–Trinajstić information content (AvgIpc) is 1.69. The van der Waals surface area contributed by atoms with E-state index >= 15 is 0 Å². The highest BCUT2D eigenvalue weighted by Gasteiger charge is 1.98. The summed E-state index contributed by atoms with van der Waals surface area (Å²) in [6.07, 6.45) is 3.15. The summed E-state index contributed by atoms with van der Waals surface area (Å²) < 4.78 is 0. The van der Waals surface area contributed by atoms with E-state index in [1.165, 1.54) is 5.57 Å². The van der Waals surface area contributed by atoms with Crippen molar-refractivity contribution in [2.45, 2.75) is 32.6 Å². The van der Waals surface area contributed by atoms with Gasteiger partial charge >= 0.3 is 0 Å². The summed E-state index contributed by atoms with van der Waals surface area (Å²) in [6.45, 7) is 6.15. The third kappa shape index (κ3) is 2.37. The van der Waals surface area contributed by atoms with Crippen molar-refractivity contribution in [2.75, 3.05) is 0 Å². The summed E-state index contributed by atoms with van der Waals surface area (Å²) in [4.78, 5) is 0. The van der Waals surface area contributed by atoms with Crippen LogP contribution >= 0.6 is 11.6 Å². The smallest absolute Gasteiger partial charge is 0.0516 e. The fourth-order valence-corrected chi connectivity index (χ4v) is 0.995. The van der Waals surface area contributed by atoms with Gasteiger partial charge in [-0.05, 0) is 20.3 Å². The monoisotopic (exact) mass is 132 g/mol. The zero-order valence-corrected chi connectivity index (χ0v) is 6.50. The van der Waals surface area contributed by atoms with E-state index in [4.69, 9.17) is 11.6 Å². The Morgan fingerprint density at radius 3 is 2.25 bits per heavy atom. The van der Waals surface area contributed by atoms with Gasteiger partial charge in [-0.1, -0.05) is 18.6 Å². The molecule has 0 saturated heterocycles. The molecule has 1 heteroatoms. The van der Waals surface area contributed by atoms with Crippen LogP contribution in [0.5, 0.6) is 0 Å². The number of alkyl halides is 1. The molecule has 0 aliphatic rings. The fraction of sp³-hybridized carbons (Fsp3) is 0.714. The van der Waals surface area contributed by atoms with E-state index < -0.39 is 0 Å². The van der Waals surface area contributed by atoms with Gasteiger partial charge in [0.05, 0.1) is 5.38 Å². The molecule has 0 spiro atoms. The third-order valence-electron chi connectivity index (χ3n) is 1.29. The van der Waals surface area contributed by atoms with Crippen molar-refractivity contribution in [2.24, 2.45) is 0 Å². The first-order valence-electron chi connectivity index (χ1n) is 3.01. The van der Waals surface area contributed by atoms with Crippen LogP contribution < -0.4 is 0 Å². The summed E-state index contributed by atoms with van der Waals surface area (Å²) in [6, 6.07) is 0. The molecule has 0 fully saturated rings. The topological polar surface area (TPSA) is 0 Å². The van der Waals surface area contributed by atoms with Crippen molar-refractivity contribution in [3.8, 4) is 0 Å². The molecule has 0 aromatic rings. The molecule has 0 N–H and O–H groups in total. The zero-order valence-electron chi connectivity index (χ0n) is 5.74. The lowest BCUT2D eigenvalue weighted by Gasteiger charge is -2.03. The number of rotatable bonds is 2. The highest BCUT2D eigenvalue weighted by atomic mass is 35.5. The van der Waals surface area contributed by atoms with E-state index in [1.807, 2.05) is 13.8 Å². The molecular formula is C7H13Cl. The molecular weight excluding hydrogens is 120 g/mol. The average molecular weight is 133 g/mol. The Kier molecular flexibility index (Phi) is 3.98. The second-order valence-corrected chi connectivity index (χ2v) is 2.49. The number of hydrogen-bond acceptors (Lipinski definition) is 0. The molecule has 0 bridgehead atoms. The number of halogens is 1. The van der Waals surface area contributed by atoms with Gasteiger partial charge in [0.15, 0.2) is 0 Å². The first-order valence-corrected chi connectivity index (χ1v) is 3.45. The van der Waals surface area contributed by atoms with Gasteiger partial charge in [-0.25, -0.2) is 0 Å². The Balaban J connectivity index is 3.72. The predicted molar refractivity (Wildman–Crippen MR) is 39.4 cm³/mol. The van der Waals surface area contributed by atoms with E-state index in [0.717, 1.165) is 6.42 Å². The predicted octanol–water partition coefficient (Wildman–Crippen LogP) is 2.97. The Morgan fingerprint density at radius 1 is 1.75 bits per heavy atom. The minimum Gasteiger partial charge on any atom is -0.118 e. The maximum absolute atomic E-state index is 5.78. The van der Waals surface area contributed by atoms with Crippen molar-refractivity contribution in [1.29, 1.82) is 0 Å². The molecule has 0 aromatic carbocycles. The van der Waals surface area contributed by atoms with Gasteiger partial charge in [0, 0.05) is 0 Å².